The van der Waals surface area contributed by atoms with Crippen molar-refractivity contribution in [3.05, 3.63) is 41.7 Å². The van der Waals surface area contributed by atoms with E-state index < -0.39 is 0 Å². The average Bonchev–Trinajstić information content (AvgIpc) is 3.00. The molecular formula is C18H23N3. The molecule has 1 saturated carbocycles. The Labute approximate surface area is 126 Å². The maximum atomic E-state index is 6.14. The molecule has 0 radical (unpaired) electrons. The molecule has 0 amide bonds. The average molecular weight is 281 g/mol. The summed E-state index contributed by atoms with van der Waals surface area (Å²) >= 11 is 0. The van der Waals surface area contributed by atoms with Gasteiger partial charge in [0.25, 0.3) is 0 Å². The topological polar surface area (TPSA) is 51.8 Å². The van der Waals surface area contributed by atoms with Crippen molar-refractivity contribution >= 4 is 5.82 Å². The SMILES string of the molecule is CCC1CCC(c2nc(N)c(C)c(-c3ccccc3)n2)C1. The minimum atomic E-state index is 0.473. The van der Waals surface area contributed by atoms with Crippen LogP contribution in [0.1, 0.15) is 49.9 Å². The summed E-state index contributed by atoms with van der Waals surface area (Å²) in [4.78, 5) is 9.44. The molecule has 3 heteroatoms. The Balaban J connectivity index is 1.99. The van der Waals surface area contributed by atoms with E-state index in [1.54, 1.807) is 0 Å². The number of hydrogen-bond donors (Lipinski definition) is 1. The van der Waals surface area contributed by atoms with Crippen LogP contribution in [0, 0.1) is 12.8 Å². The third kappa shape index (κ3) is 2.78. The van der Waals surface area contributed by atoms with E-state index in [0.29, 0.717) is 11.7 Å². The Kier molecular flexibility index (Phi) is 3.91. The summed E-state index contributed by atoms with van der Waals surface area (Å²) in [6.07, 6.45) is 4.94. The number of nitrogens with zero attached hydrogens (tertiary/aromatic N) is 2. The van der Waals surface area contributed by atoms with Crippen LogP contribution in [0.15, 0.2) is 30.3 Å². The van der Waals surface area contributed by atoms with Crippen LogP contribution in [-0.4, -0.2) is 9.97 Å². The highest BCUT2D eigenvalue weighted by Gasteiger charge is 2.27. The highest BCUT2D eigenvalue weighted by atomic mass is 15.0. The Hall–Kier alpha value is -1.90. The molecule has 2 atom stereocenters. The van der Waals surface area contributed by atoms with Crippen molar-refractivity contribution < 1.29 is 0 Å². The van der Waals surface area contributed by atoms with Crippen molar-refractivity contribution in [2.24, 2.45) is 5.92 Å². The highest BCUT2D eigenvalue weighted by Crippen LogP contribution is 2.39. The highest BCUT2D eigenvalue weighted by molar-refractivity contribution is 5.67. The van der Waals surface area contributed by atoms with Gasteiger partial charge in [0.2, 0.25) is 0 Å². The van der Waals surface area contributed by atoms with Crippen molar-refractivity contribution in [3.63, 3.8) is 0 Å². The molecule has 1 aromatic heterocycles. The van der Waals surface area contributed by atoms with Gasteiger partial charge in [0, 0.05) is 17.0 Å². The lowest BCUT2D eigenvalue weighted by molar-refractivity contribution is 0.517. The van der Waals surface area contributed by atoms with Crippen LogP contribution in [0.25, 0.3) is 11.3 Å². The van der Waals surface area contributed by atoms with Gasteiger partial charge in [-0.05, 0) is 32.1 Å². The molecule has 0 bridgehead atoms. The van der Waals surface area contributed by atoms with Crippen LogP contribution in [0.4, 0.5) is 5.82 Å². The van der Waals surface area contributed by atoms with E-state index in [2.05, 4.69) is 24.0 Å². The molecule has 2 unspecified atom stereocenters. The summed E-state index contributed by atoms with van der Waals surface area (Å²) in [5, 5.41) is 0. The monoisotopic (exact) mass is 281 g/mol. The second-order valence-electron chi connectivity index (χ2n) is 6.09. The van der Waals surface area contributed by atoms with E-state index in [4.69, 9.17) is 10.7 Å². The lowest BCUT2D eigenvalue weighted by Gasteiger charge is -2.14. The molecule has 2 N–H and O–H groups in total. The summed E-state index contributed by atoms with van der Waals surface area (Å²) < 4.78 is 0. The molecule has 0 saturated heterocycles. The maximum absolute atomic E-state index is 6.14. The molecule has 21 heavy (non-hydrogen) atoms. The first-order valence-electron chi connectivity index (χ1n) is 7.88. The van der Waals surface area contributed by atoms with Gasteiger partial charge in [-0.15, -0.1) is 0 Å². The quantitative estimate of drug-likeness (QED) is 0.911. The van der Waals surface area contributed by atoms with Crippen molar-refractivity contribution in [2.45, 2.75) is 45.4 Å². The standard InChI is InChI=1S/C18H23N3/c1-3-13-9-10-15(11-13)18-20-16(12(2)17(19)21-18)14-7-5-4-6-8-14/h4-8,13,15H,3,9-11H2,1-2H3,(H2,19,20,21). The van der Waals surface area contributed by atoms with Gasteiger partial charge in [0.05, 0.1) is 5.69 Å². The summed E-state index contributed by atoms with van der Waals surface area (Å²) in [7, 11) is 0. The van der Waals surface area contributed by atoms with Crippen LogP contribution in [0.5, 0.6) is 0 Å². The van der Waals surface area contributed by atoms with E-state index in [9.17, 15) is 0 Å². The summed E-state index contributed by atoms with van der Waals surface area (Å²) in [6.45, 7) is 4.28. The maximum Gasteiger partial charge on any atom is 0.134 e. The van der Waals surface area contributed by atoms with Gasteiger partial charge in [-0.1, -0.05) is 43.7 Å². The van der Waals surface area contributed by atoms with E-state index in [-0.39, 0.29) is 0 Å². The van der Waals surface area contributed by atoms with Gasteiger partial charge in [0.1, 0.15) is 11.6 Å². The first kappa shape index (κ1) is 14.1. The molecule has 1 aliphatic carbocycles. The van der Waals surface area contributed by atoms with Crippen molar-refractivity contribution in [1.29, 1.82) is 0 Å². The second kappa shape index (κ2) is 5.84. The number of hydrogen-bond acceptors (Lipinski definition) is 3. The lowest BCUT2D eigenvalue weighted by atomic mass is 10.0. The molecule has 110 valence electrons. The molecule has 1 fully saturated rings. The third-order valence-electron chi connectivity index (χ3n) is 4.73. The number of aromatic nitrogens is 2. The van der Waals surface area contributed by atoms with Gasteiger partial charge >= 0.3 is 0 Å². The molecule has 1 aliphatic rings. The predicted molar refractivity (Wildman–Crippen MR) is 87.0 cm³/mol. The fourth-order valence-corrected chi connectivity index (χ4v) is 3.29. The van der Waals surface area contributed by atoms with Crippen molar-refractivity contribution in [2.75, 3.05) is 5.73 Å². The van der Waals surface area contributed by atoms with Crippen molar-refractivity contribution in [1.82, 2.24) is 9.97 Å². The number of anilines is 1. The number of rotatable bonds is 3. The molecule has 3 nitrogen and oxygen atoms in total. The third-order valence-corrected chi connectivity index (χ3v) is 4.73. The molecule has 0 spiro atoms. The van der Waals surface area contributed by atoms with Gasteiger partial charge in [-0.3, -0.25) is 0 Å². The first-order chi connectivity index (χ1) is 10.2. The molecule has 1 aromatic carbocycles. The fourth-order valence-electron chi connectivity index (χ4n) is 3.29. The zero-order valence-electron chi connectivity index (χ0n) is 12.8. The summed E-state index contributed by atoms with van der Waals surface area (Å²) in [6, 6.07) is 10.3. The van der Waals surface area contributed by atoms with E-state index in [0.717, 1.165) is 28.6 Å². The zero-order chi connectivity index (χ0) is 14.8. The number of nitrogens with two attached hydrogens (primary N) is 1. The molecule has 3 rings (SSSR count). The van der Waals surface area contributed by atoms with Crippen LogP contribution in [-0.2, 0) is 0 Å². The van der Waals surface area contributed by atoms with E-state index >= 15 is 0 Å². The van der Waals surface area contributed by atoms with Crippen LogP contribution in [0.2, 0.25) is 0 Å². The van der Waals surface area contributed by atoms with Crippen LogP contribution in [0.3, 0.4) is 0 Å². The van der Waals surface area contributed by atoms with Crippen LogP contribution >= 0.6 is 0 Å². The Morgan fingerprint density at radius 1 is 1.14 bits per heavy atom. The minimum absolute atomic E-state index is 0.473. The summed E-state index contributed by atoms with van der Waals surface area (Å²) in [5.41, 5.74) is 9.23. The Morgan fingerprint density at radius 3 is 2.57 bits per heavy atom. The molecule has 0 aliphatic heterocycles. The van der Waals surface area contributed by atoms with Crippen LogP contribution < -0.4 is 5.73 Å². The molecular weight excluding hydrogens is 258 g/mol. The largest absolute Gasteiger partial charge is 0.383 e. The van der Waals surface area contributed by atoms with Gasteiger partial charge in [0.15, 0.2) is 0 Å². The van der Waals surface area contributed by atoms with Gasteiger partial charge in [-0.2, -0.15) is 0 Å². The fraction of sp³-hybridized carbons (Fsp3) is 0.444. The lowest BCUT2D eigenvalue weighted by Crippen LogP contribution is -2.08. The normalized spacial score (nSPS) is 21.6. The van der Waals surface area contributed by atoms with E-state index in [1.807, 2.05) is 25.1 Å². The summed E-state index contributed by atoms with van der Waals surface area (Å²) in [5.74, 6) is 2.85. The Bertz CT molecular complexity index is 622. The number of nitrogen functional groups attached to an aromatic ring is 1. The number of benzene rings is 1. The Morgan fingerprint density at radius 2 is 1.90 bits per heavy atom. The van der Waals surface area contributed by atoms with Crippen molar-refractivity contribution in [3.8, 4) is 11.3 Å². The second-order valence-corrected chi connectivity index (χ2v) is 6.09. The molecule has 1 heterocycles. The van der Waals surface area contributed by atoms with Gasteiger partial charge < -0.3 is 5.73 Å². The van der Waals surface area contributed by atoms with E-state index in [1.165, 1.54) is 25.7 Å². The predicted octanol–water partition coefficient (Wildman–Crippen LogP) is 4.33. The minimum Gasteiger partial charge on any atom is -0.383 e. The molecule has 2 aromatic rings. The smallest absolute Gasteiger partial charge is 0.134 e. The first-order valence-corrected chi connectivity index (χ1v) is 7.88. The zero-order valence-corrected chi connectivity index (χ0v) is 12.8. The van der Waals surface area contributed by atoms with Gasteiger partial charge in [-0.25, -0.2) is 9.97 Å².